The zero-order valence-electron chi connectivity index (χ0n) is 8.58. The SMILES string of the molecule is Cl[Si](Cl)(Cl)C#Cc1cccc(C#C[Si](Cl)(Cl)Cl)c1. The number of benzene rings is 1. The van der Waals surface area contributed by atoms with Crippen LogP contribution in [0.3, 0.4) is 0 Å². The lowest BCUT2D eigenvalue weighted by molar-refractivity contribution is 1.60. The summed E-state index contributed by atoms with van der Waals surface area (Å²) in [7, 11) is 0. The Balaban J connectivity index is 2.99. The highest BCUT2D eigenvalue weighted by atomic mass is 35.8. The van der Waals surface area contributed by atoms with Gasteiger partial charge in [0.2, 0.25) is 0 Å². The Hall–Kier alpha value is 0.514. The molecular formula is C10H4Cl6Si2. The van der Waals surface area contributed by atoms with Gasteiger partial charge >= 0.3 is 12.0 Å². The Kier molecular flexibility index (Phi) is 6.25. The molecule has 0 aliphatic carbocycles. The Morgan fingerprint density at radius 3 is 1.44 bits per heavy atom. The molecule has 0 saturated carbocycles. The topological polar surface area (TPSA) is 0 Å². The second-order valence-corrected chi connectivity index (χ2v) is 19.3. The van der Waals surface area contributed by atoms with Crippen LogP contribution in [0.25, 0.3) is 0 Å². The Bertz CT molecular complexity index is 503. The Labute approximate surface area is 136 Å². The summed E-state index contributed by atoms with van der Waals surface area (Å²) in [4.78, 5) is 0. The van der Waals surface area contributed by atoms with E-state index in [-0.39, 0.29) is 0 Å². The molecule has 0 N–H and O–H groups in total. The van der Waals surface area contributed by atoms with Gasteiger partial charge in [0.1, 0.15) is 0 Å². The summed E-state index contributed by atoms with van der Waals surface area (Å²) in [5.41, 5.74) is 6.61. The van der Waals surface area contributed by atoms with Crippen molar-refractivity contribution in [2.24, 2.45) is 0 Å². The van der Waals surface area contributed by atoms with E-state index in [1.165, 1.54) is 0 Å². The molecule has 0 radical (unpaired) electrons. The van der Waals surface area contributed by atoms with Gasteiger partial charge in [0.15, 0.2) is 0 Å². The standard InChI is InChI=1S/C10H4Cl6Si2/c11-17(12,13)6-4-9-2-1-3-10(8-9)5-7-18(14,15)16/h1-3,8H. The second kappa shape index (κ2) is 6.79. The average Bonchev–Trinajstić information content (AvgIpc) is 2.22. The summed E-state index contributed by atoms with van der Waals surface area (Å²) in [6.45, 7) is 0. The van der Waals surface area contributed by atoms with E-state index in [0.29, 0.717) is 11.1 Å². The van der Waals surface area contributed by atoms with Gasteiger partial charge < -0.3 is 0 Å². The predicted molar refractivity (Wildman–Crippen MR) is 86.8 cm³/mol. The number of rotatable bonds is 0. The van der Waals surface area contributed by atoms with Gasteiger partial charge in [-0.05, 0) is 18.2 Å². The first kappa shape index (κ1) is 16.6. The van der Waals surface area contributed by atoms with Gasteiger partial charge in [-0.3, -0.25) is 0 Å². The lowest BCUT2D eigenvalue weighted by Crippen LogP contribution is -2.04. The van der Waals surface area contributed by atoms with Crippen molar-refractivity contribution in [1.82, 2.24) is 0 Å². The number of hydrogen-bond acceptors (Lipinski definition) is 0. The summed E-state index contributed by atoms with van der Waals surface area (Å²) >= 11 is 34.0. The molecule has 0 nitrogen and oxygen atoms in total. The van der Waals surface area contributed by atoms with Gasteiger partial charge in [-0.2, -0.15) is 0 Å². The molecule has 0 spiro atoms. The Morgan fingerprint density at radius 2 is 1.11 bits per heavy atom. The van der Waals surface area contributed by atoms with Crippen LogP contribution in [-0.4, -0.2) is 12.0 Å². The summed E-state index contributed by atoms with van der Waals surface area (Å²) in [6, 6.07) is 1.22. The van der Waals surface area contributed by atoms with Crippen LogP contribution in [0, 0.1) is 22.9 Å². The van der Waals surface area contributed by atoms with Crippen molar-refractivity contribution in [3.8, 4) is 22.9 Å². The van der Waals surface area contributed by atoms with Gasteiger partial charge in [-0.15, -0.1) is 66.5 Å². The minimum absolute atomic E-state index is 0.701. The van der Waals surface area contributed by atoms with Crippen LogP contribution in [-0.2, 0) is 0 Å². The van der Waals surface area contributed by atoms with E-state index in [4.69, 9.17) is 66.5 Å². The van der Waals surface area contributed by atoms with Crippen LogP contribution in [0.15, 0.2) is 24.3 Å². The molecule has 1 rings (SSSR count). The van der Waals surface area contributed by atoms with Crippen molar-refractivity contribution in [2.75, 3.05) is 0 Å². The molecule has 0 unspecified atom stereocenters. The third-order valence-corrected chi connectivity index (χ3v) is 4.08. The smallest absolute Gasteiger partial charge is 0.113 e. The van der Waals surface area contributed by atoms with Gasteiger partial charge in [0.05, 0.1) is 0 Å². The molecule has 0 saturated heterocycles. The molecule has 0 aromatic heterocycles. The quantitative estimate of drug-likeness (QED) is 0.338. The van der Waals surface area contributed by atoms with E-state index in [2.05, 4.69) is 22.9 Å². The normalized spacial score (nSPS) is 11.0. The Morgan fingerprint density at radius 1 is 0.722 bits per heavy atom. The van der Waals surface area contributed by atoms with E-state index < -0.39 is 12.0 Å². The van der Waals surface area contributed by atoms with Crippen molar-refractivity contribution in [3.63, 3.8) is 0 Å². The van der Waals surface area contributed by atoms with Crippen LogP contribution in [0.2, 0.25) is 0 Å². The van der Waals surface area contributed by atoms with E-state index >= 15 is 0 Å². The fraction of sp³-hybridized carbons (Fsp3) is 0. The highest BCUT2D eigenvalue weighted by molar-refractivity contribution is 7.68. The maximum Gasteiger partial charge on any atom is 0.422 e. The second-order valence-electron chi connectivity index (χ2n) is 3.08. The first-order valence-corrected chi connectivity index (χ1v) is 14.5. The minimum atomic E-state index is -2.94. The van der Waals surface area contributed by atoms with Gasteiger partial charge in [0.25, 0.3) is 0 Å². The first-order valence-electron chi connectivity index (χ1n) is 4.46. The molecule has 8 heteroatoms. The van der Waals surface area contributed by atoms with Crippen LogP contribution >= 0.6 is 66.5 Å². The zero-order valence-corrected chi connectivity index (χ0v) is 15.1. The van der Waals surface area contributed by atoms with E-state index in [1.807, 2.05) is 0 Å². The van der Waals surface area contributed by atoms with E-state index in [0.717, 1.165) is 0 Å². The molecule has 0 heterocycles. The molecule has 18 heavy (non-hydrogen) atoms. The monoisotopic (exact) mass is 390 g/mol. The lowest BCUT2D eigenvalue weighted by Gasteiger charge is -1.96. The maximum atomic E-state index is 5.67. The van der Waals surface area contributed by atoms with Gasteiger partial charge in [0, 0.05) is 11.1 Å². The highest BCUT2D eigenvalue weighted by Crippen LogP contribution is 2.19. The molecular weight excluding hydrogens is 389 g/mol. The molecule has 0 atom stereocenters. The molecule has 0 fully saturated rings. The predicted octanol–water partition coefficient (Wildman–Crippen LogP) is 4.78. The van der Waals surface area contributed by atoms with Crippen molar-refractivity contribution in [2.45, 2.75) is 0 Å². The summed E-state index contributed by atoms with van der Waals surface area (Å²) in [5, 5.41) is 0. The van der Waals surface area contributed by atoms with Crippen molar-refractivity contribution < 1.29 is 0 Å². The van der Waals surface area contributed by atoms with Crippen LogP contribution < -0.4 is 0 Å². The largest absolute Gasteiger partial charge is 0.422 e. The fourth-order valence-electron chi connectivity index (χ4n) is 0.961. The summed E-state index contributed by atoms with van der Waals surface area (Å²) in [5.74, 6) is 5.57. The molecule has 0 amide bonds. The molecule has 0 bridgehead atoms. The van der Waals surface area contributed by atoms with Crippen LogP contribution in [0.4, 0.5) is 0 Å². The van der Waals surface area contributed by atoms with Crippen molar-refractivity contribution >= 4 is 78.5 Å². The average molecular weight is 393 g/mol. The van der Waals surface area contributed by atoms with Gasteiger partial charge in [-0.25, -0.2) is 0 Å². The van der Waals surface area contributed by atoms with Crippen LogP contribution in [0.5, 0.6) is 0 Å². The third kappa shape index (κ3) is 7.84. The zero-order chi connectivity index (χ0) is 13.8. The minimum Gasteiger partial charge on any atom is -0.113 e. The summed E-state index contributed by atoms with van der Waals surface area (Å²) < 4.78 is 0. The molecule has 1 aromatic carbocycles. The number of hydrogen-bond donors (Lipinski definition) is 0. The number of halogens is 6. The van der Waals surface area contributed by atoms with E-state index in [1.54, 1.807) is 24.3 Å². The molecule has 0 aliphatic rings. The maximum absolute atomic E-state index is 5.67. The fourth-order valence-corrected chi connectivity index (χ4v) is 2.38. The molecule has 94 valence electrons. The third-order valence-electron chi connectivity index (χ3n) is 1.56. The van der Waals surface area contributed by atoms with Crippen LogP contribution in [0.1, 0.15) is 11.1 Å². The lowest BCUT2D eigenvalue weighted by atomic mass is 10.1. The van der Waals surface area contributed by atoms with Crippen molar-refractivity contribution in [1.29, 1.82) is 0 Å². The first-order chi connectivity index (χ1) is 8.16. The van der Waals surface area contributed by atoms with Gasteiger partial charge in [-0.1, -0.05) is 29.0 Å². The summed E-state index contributed by atoms with van der Waals surface area (Å²) in [6.07, 6.45) is 0. The molecule has 0 aliphatic heterocycles. The molecule has 1 aromatic rings. The van der Waals surface area contributed by atoms with E-state index in [9.17, 15) is 0 Å². The van der Waals surface area contributed by atoms with Crippen molar-refractivity contribution in [3.05, 3.63) is 35.4 Å². The highest BCUT2D eigenvalue weighted by Gasteiger charge is 2.21.